The highest BCUT2D eigenvalue weighted by molar-refractivity contribution is 7.62. The largest absolute Gasteiger partial charge is 0.437 e. The van der Waals surface area contributed by atoms with E-state index in [0.717, 1.165) is 23.0 Å². The zero-order valence-corrected chi connectivity index (χ0v) is 20.2. The maximum atomic E-state index is 12.8. The van der Waals surface area contributed by atoms with Crippen LogP contribution in [0.4, 0.5) is 18.9 Å². The molecule has 0 bridgehead atoms. The van der Waals surface area contributed by atoms with Gasteiger partial charge in [0, 0.05) is 35.1 Å². The Hall–Kier alpha value is -3.48. The molecule has 1 atom stereocenters. The molecule has 3 aromatic carbocycles. The molecule has 182 valence electrons. The molecule has 4 rings (SSSR count). The summed E-state index contributed by atoms with van der Waals surface area (Å²) in [5.41, 5.74) is 14.7. The van der Waals surface area contributed by atoms with Gasteiger partial charge in [0.15, 0.2) is 0 Å². The van der Waals surface area contributed by atoms with Crippen molar-refractivity contribution in [3.63, 3.8) is 0 Å². The van der Waals surface area contributed by atoms with Crippen molar-refractivity contribution in [2.45, 2.75) is 26.2 Å². The van der Waals surface area contributed by atoms with E-state index in [-0.39, 0.29) is 11.6 Å². The summed E-state index contributed by atoms with van der Waals surface area (Å²) < 4.78 is 44.1. The topological polar surface area (TPSA) is 87.0 Å². The zero-order chi connectivity index (χ0) is 25.4. The highest BCUT2D eigenvalue weighted by Gasteiger charge is 2.30. The lowest BCUT2D eigenvalue weighted by Crippen LogP contribution is -2.14. The summed E-state index contributed by atoms with van der Waals surface area (Å²) in [7, 11) is -0.999. The highest BCUT2D eigenvalue weighted by atomic mass is 31.1. The molecule has 0 fully saturated rings. The van der Waals surface area contributed by atoms with Crippen LogP contribution in [0.5, 0.6) is 11.6 Å². The number of alkyl halides is 3. The maximum absolute atomic E-state index is 12.8. The molecule has 0 amide bonds. The second kappa shape index (κ2) is 11.8. The van der Waals surface area contributed by atoms with E-state index in [1.807, 2.05) is 56.3 Å². The normalized spacial score (nSPS) is 11.8. The molecule has 1 unspecified atom stereocenters. The fourth-order valence-electron chi connectivity index (χ4n) is 3.25. The molecule has 0 saturated carbocycles. The van der Waals surface area contributed by atoms with Gasteiger partial charge < -0.3 is 16.0 Å². The van der Waals surface area contributed by atoms with Crippen molar-refractivity contribution in [1.29, 1.82) is 0 Å². The second-order valence-corrected chi connectivity index (χ2v) is 8.96. The second-order valence-electron chi connectivity index (χ2n) is 7.22. The molecule has 1 heterocycles. The molecule has 4 aromatic rings. The zero-order valence-electron chi connectivity index (χ0n) is 19.3. The quantitative estimate of drug-likeness (QED) is 0.227. The van der Waals surface area contributed by atoms with E-state index in [2.05, 4.69) is 9.97 Å². The van der Waals surface area contributed by atoms with E-state index in [1.165, 1.54) is 24.5 Å². The molecule has 4 N–H and O–H groups in total. The number of hydrogen-bond donors (Lipinski definition) is 2. The first kappa shape index (κ1) is 26.1. The Labute approximate surface area is 203 Å². The Bertz CT molecular complexity index is 1240. The molecule has 0 spiro atoms. The van der Waals surface area contributed by atoms with E-state index in [9.17, 15) is 13.2 Å². The predicted molar refractivity (Wildman–Crippen MR) is 136 cm³/mol. The van der Waals surface area contributed by atoms with E-state index in [0.29, 0.717) is 23.1 Å². The average molecular weight is 498 g/mol. The molecule has 35 heavy (non-hydrogen) atoms. The van der Waals surface area contributed by atoms with Gasteiger partial charge in [-0.1, -0.05) is 56.3 Å². The third-order valence-corrected chi connectivity index (χ3v) is 6.60. The number of aromatic nitrogens is 2. The standard InChI is InChI=1S/C24H20F3N4OP.C2H6/c25-24(26,27)18-7-9-19(10-8-18)32-23-22(30-12-13-31-23)17-6-11-21(20(28)14-17)33(29)15-16-4-2-1-3-5-16;1-2/h1-14H,15,28-29H2;1-2H3. The Morgan fingerprint density at radius 3 is 2.17 bits per heavy atom. The van der Waals surface area contributed by atoms with Crippen LogP contribution >= 0.6 is 8.07 Å². The van der Waals surface area contributed by atoms with Crippen LogP contribution in [0.15, 0.2) is 85.2 Å². The lowest BCUT2D eigenvalue weighted by Gasteiger charge is -2.16. The Balaban J connectivity index is 0.00000167. The van der Waals surface area contributed by atoms with Crippen LogP contribution in [0.2, 0.25) is 0 Å². The predicted octanol–water partition coefficient (Wildman–Crippen LogP) is 6.74. The van der Waals surface area contributed by atoms with Crippen molar-refractivity contribution < 1.29 is 17.9 Å². The van der Waals surface area contributed by atoms with Gasteiger partial charge in [-0.3, -0.25) is 0 Å². The van der Waals surface area contributed by atoms with Gasteiger partial charge in [-0.25, -0.2) is 9.97 Å². The lowest BCUT2D eigenvalue weighted by atomic mass is 10.1. The summed E-state index contributed by atoms with van der Waals surface area (Å²) in [6.07, 6.45) is -0.768. The Morgan fingerprint density at radius 1 is 0.886 bits per heavy atom. The van der Waals surface area contributed by atoms with Gasteiger partial charge in [0.2, 0.25) is 5.88 Å². The van der Waals surface area contributed by atoms with Crippen LogP contribution in [-0.4, -0.2) is 9.97 Å². The van der Waals surface area contributed by atoms with Crippen LogP contribution < -0.4 is 21.3 Å². The number of nitrogens with two attached hydrogens (primary N) is 2. The fourth-order valence-corrected chi connectivity index (χ4v) is 4.69. The maximum Gasteiger partial charge on any atom is 0.416 e. The number of nitrogen functional groups attached to an aromatic ring is 1. The first-order valence-electron chi connectivity index (χ1n) is 10.9. The third-order valence-electron chi connectivity index (χ3n) is 4.87. The van der Waals surface area contributed by atoms with Crippen molar-refractivity contribution in [2.24, 2.45) is 5.50 Å². The third kappa shape index (κ3) is 6.78. The van der Waals surface area contributed by atoms with Gasteiger partial charge in [-0.2, -0.15) is 13.2 Å². The lowest BCUT2D eigenvalue weighted by molar-refractivity contribution is -0.137. The van der Waals surface area contributed by atoms with Gasteiger partial charge in [0.1, 0.15) is 11.4 Å². The van der Waals surface area contributed by atoms with Crippen molar-refractivity contribution in [1.82, 2.24) is 9.97 Å². The SMILES string of the molecule is CC.Nc1cc(-c2nccnc2Oc2ccc(C(F)(F)F)cc2)ccc1P(N)Cc1ccccc1. The van der Waals surface area contributed by atoms with Gasteiger partial charge in [0.05, 0.1) is 5.56 Å². The summed E-state index contributed by atoms with van der Waals surface area (Å²) in [5, 5.41) is 0.867. The van der Waals surface area contributed by atoms with Gasteiger partial charge in [-0.15, -0.1) is 0 Å². The van der Waals surface area contributed by atoms with Crippen molar-refractivity contribution >= 4 is 19.1 Å². The number of ether oxygens (including phenoxy) is 1. The molecule has 0 aliphatic carbocycles. The minimum atomic E-state index is -4.42. The van der Waals surface area contributed by atoms with Crippen LogP contribution in [0.1, 0.15) is 25.0 Å². The minimum absolute atomic E-state index is 0.156. The molecular formula is C26H26F3N4OP. The van der Waals surface area contributed by atoms with Crippen LogP contribution in [0.25, 0.3) is 11.3 Å². The summed E-state index contributed by atoms with van der Waals surface area (Å²) in [5.74, 6) is 0.367. The van der Waals surface area contributed by atoms with E-state index < -0.39 is 19.8 Å². The van der Waals surface area contributed by atoms with Crippen molar-refractivity contribution in [3.05, 3.63) is 96.3 Å². The number of benzene rings is 3. The summed E-state index contributed by atoms with van der Waals surface area (Å²) >= 11 is 0. The van der Waals surface area contributed by atoms with Gasteiger partial charge in [0.25, 0.3) is 0 Å². The first-order valence-corrected chi connectivity index (χ1v) is 12.5. The van der Waals surface area contributed by atoms with Crippen LogP contribution in [-0.2, 0) is 12.3 Å². The van der Waals surface area contributed by atoms with Crippen molar-refractivity contribution in [3.8, 4) is 22.9 Å². The number of rotatable bonds is 6. The molecular weight excluding hydrogens is 472 g/mol. The molecule has 5 nitrogen and oxygen atoms in total. The molecule has 0 radical (unpaired) electrons. The summed E-state index contributed by atoms with van der Waals surface area (Å²) in [4.78, 5) is 8.53. The molecule has 0 saturated heterocycles. The highest BCUT2D eigenvalue weighted by Crippen LogP contribution is 2.36. The molecule has 0 aliphatic heterocycles. The molecule has 1 aromatic heterocycles. The van der Waals surface area contributed by atoms with Crippen molar-refractivity contribution in [2.75, 3.05) is 5.73 Å². The number of hydrogen-bond acceptors (Lipinski definition) is 5. The smallest absolute Gasteiger partial charge is 0.416 e. The van der Waals surface area contributed by atoms with Gasteiger partial charge in [-0.05, 0) is 44.0 Å². The van der Waals surface area contributed by atoms with Gasteiger partial charge >= 0.3 is 6.18 Å². The molecule has 0 aliphatic rings. The van der Waals surface area contributed by atoms with E-state index in [1.54, 1.807) is 6.07 Å². The summed E-state index contributed by atoms with van der Waals surface area (Å²) in [6.45, 7) is 4.00. The fraction of sp³-hybridized carbons (Fsp3) is 0.154. The van der Waals surface area contributed by atoms with E-state index >= 15 is 0 Å². The average Bonchev–Trinajstić information content (AvgIpc) is 2.86. The minimum Gasteiger partial charge on any atom is -0.437 e. The Morgan fingerprint density at radius 2 is 1.54 bits per heavy atom. The molecule has 9 heteroatoms. The van der Waals surface area contributed by atoms with Crippen LogP contribution in [0, 0.1) is 0 Å². The van der Waals surface area contributed by atoms with E-state index in [4.69, 9.17) is 16.0 Å². The monoisotopic (exact) mass is 498 g/mol. The summed E-state index contributed by atoms with van der Waals surface area (Å²) in [6, 6.07) is 19.8. The van der Waals surface area contributed by atoms with Crippen LogP contribution in [0.3, 0.4) is 0 Å². The number of halogens is 3. The number of anilines is 1. The Kier molecular flexibility index (Phi) is 8.79. The first-order chi connectivity index (χ1) is 16.8. The number of nitrogens with zero attached hydrogens (tertiary/aromatic N) is 2.